The van der Waals surface area contributed by atoms with Gasteiger partial charge in [0.2, 0.25) is 11.8 Å². The highest BCUT2D eigenvalue weighted by Crippen LogP contribution is 2.29. The van der Waals surface area contributed by atoms with Crippen LogP contribution in [0.4, 0.5) is 0 Å². The Bertz CT molecular complexity index is 1230. The lowest BCUT2D eigenvalue weighted by atomic mass is 10.0. The topological polar surface area (TPSA) is 67.9 Å². The summed E-state index contributed by atoms with van der Waals surface area (Å²) in [6, 6.07) is 22.3. The number of amides is 2. The number of ether oxygens (including phenoxy) is 2. The maximum atomic E-state index is 14.0. The van der Waals surface area contributed by atoms with E-state index in [-0.39, 0.29) is 30.8 Å². The second-order valence-corrected chi connectivity index (χ2v) is 10.2. The van der Waals surface area contributed by atoms with E-state index in [4.69, 9.17) is 21.1 Å². The third-order valence-electron chi connectivity index (χ3n) is 6.81. The summed E-state index contributed by atoms with van der Waals surface area (Å²) in [6.45, 7) is 9.14. The number of carbonyl (C=O) groups is 2. The van der Waals surface area contributed by atoms with Gasteiger partial charge < -0.3 is 19.7 Å². The highest BCUT2D eigenvalue weighted by molar-refractivity contribution is 6.31. The van der Waals surface area contributed by atoms with Gasteiger partial charge in [-0.25, -0.2) is 0 Å². The maximum Gasteiger partial charge on any atom is 0.243 e. The molecule has 0 radical (unpaired) electrons. The summed E-state index contributed by atoms with van der Waals surface area (Å²) in [7, 11) is 0. The zero-order valence-electron chi connectivity index (χ0n) is 24.0. The van der Waals surface area contributed by atoms with Gasteiger partial charge in [0.25, 0.3) is 0 Å². The molecule has 6 nitrogen and oxygen atoms in total. The smallest absolute Gasteiger partial charge is 0.243 e. The van der Waals surface area contributed by atoms with Crippen LogP contribution in [0.15, 0.2) is 72.8 Å². The highest BCUT2D eigenvalue weighted by atomic mass is 35.5. The van der Waals surface area contributed by atoms with E-state index in [0.29, 0.717) is 42.6 Å². The van der Waals surface area contributed by atoms with Crippen molar-refractivity contribution in [3.63, 3.8) is 0 Å². The minimum Gasteiger partial charge on any atom is -0.490 e. The molecule has 0 aliphatic heterocycles. The fourth-order valence-electron chi connectivity index (χ4n) is 4.45. The molecule has 214 valence electrons. The van der Waals surface area contributed by atoms with Crippen molar-refractivity contribution < 1.29 is 19.1 Å². The number of rotatable bonds is 15. The Morgan fingerprint density at radius 3 is 2.23 bits per heavy atom. The van der Waals surface area contributed by atoms with Crippen LogP contribution >= 0.6 is 11.6 Å². The Hall–Kier alpha value is -3.51. The number of nitrogens with one attached hydrogen (secondary N) is 1. The molecule has 0 saturated carbocycles. The molecular formula is C33H41ClN2O4. The van der Waals surface area contributed by atoms with E-state index in [0.717, 1.165) is 23.1 Å². The van der Waals surface area contributed by atoms with Crippen molar-refractivity contribution in [3.8, 4) is 11.5 Å². The quantitative estimate of drug-likeness (QED) is 0.225. The molecule has 7 heteroatoms. The highest BCUT2D eigenvalue weighted by Gasteiger charge is 2.31. The lowest BCUT2D eigenvalue weighted by Crippen LogP contribution is -2.52. The lowest BCUT2D eigenvalue weighted by molar-refractivity contribution is -0.141. The van der Waals surface area contributed by atoms with Crippen LogP contribution in [0.3, 0.4) is 0 Å². The van der Waals surface area contributed by atoms with Crippen LogP contribution in [0.1, 0.15) is 57.2 Å². The average Bonchev–Trinajstić information content (AvgIpc) is 2.96. The lowest BCUT2D eigenvalue weighted by Gasteiger charge is -2.32. The minimum absolute atomic E-state index is 0.0103. The van der Waals surface area contributed by atoms with Gasteiger partial charge >= 0.3 is 0 Å². The normalized spacial score (nSPS) is 12.3. The SMILES string of the molecule is CCOc1ccc(CCC(=O)N(Cc2ccccc2Cl)[C@@H](Cc2ccccc2)C(=O)N[C@@H](C)CC)cc1OCC. The molecular weight excluding hydrogens is 524 g/mol. The van der Waals surface area contributed by atoms with Gasteiger partial charge in [0, 0.05) is 30.5 Å². The summed E-state index contributed by atoms with van der Waals surface area (Å²) in [5.74, 6) is 1.06. The average molecular weight is 565 g/mol. The summed E-state index contributed by atoms with van der Waals surface area (Å²) in [4.78, 5) is 29.3. The van der Waals surface area contributed by atoms with Crippen molar-refractivity contribution in [1.82, 2.24) is 10.2 Å². The second kappa shape index (κ2) is 15.9. The molecule has 2 amide bonds. The molecule has 3 rings (SSSR count). The van der Waals surface area contributed by atoms with Gasteiger partial charge in [-0.1, -0.05) is 73.1 Å². The van der Waals surface area contributed by atoms with Crippen LogP contribution in [0.2, 0.25) is 5.02 Å². The number of hydrogen-bond donors (Lipinski definition) is 1. The van der Waals surface area contributed by atoms with Crippen molar-refractivity contribution >= 4 is 23.4 Å². The molecule has 3 aromatic rings. The van der Waals surface area contributed by atoms with Gasteiger partial charge in [0.05, 0.1) is 13.2 Å². The molecule has 0 aliphatic carbocycles. The van der Waals surface area contributed by atoms with Crippen molar-refractivity contribution in [3.05, 3.63) is 94.5 Å². The van der Waals surface area contributed by atoms with Crippen LogP contribution in [0, 0.1) is 0 Å². The van der Waals surface area contributed by atoms with Gasteiger partial charge in [-0.3, -0.25) is 9.59 Å². The monoisotopic (exact) mass is 564 g/mol. The van der Waals surface area contributed by atoms with Crippen molar-refractivity contribution in [2.24, 2.45) is 0 Å². The van der Waals surface area contributed by atoms with Crippen LogP contribution in [0.25, 0.3) is 0 Å². The third-order valence-corrected chi connectivity index (χ3v) is 7.17. The summed E-state index contributed by atoms with van der Waals surface area (Å²) in [5, 5.41) is 3.67. The first-order valence-electron chi connectivity index (χ1n) is 14.1. The summed E-state index contributed by atoms with van der Waals surface area (Å²) < 4.78 is 11.5. The Morgan fingerprint density at radius 2 is 1.55 bits per heavy atom. The predicted molar refractivity (Wildman–Crippen MR) is 161 cm³/mol. The van der Waals surface area contributed by atoms with E-state index in [2.05, 4.69) is 5.32 Å². The fraction of sp³-hybridized carbons (Fsp3) is 0.394. The first-order valence-corrected chi connectivity index (χ1v) is 14.5. The van der Waals surface area contributed by atoms with Crippen LogP contribution < -0.4 is 14.8 Å². The van der Waals surface area contributed by atoms with Crippen molar-refractivity contribution in [2.75, 3.05) is 13.2 Å². The molecule has 0 fully saturated rings. The standard InChI is InChI=1S/C33H41ClN2O4/c1-5-24(4)35-33(38)29(21-25-13-9-8-10-14-25)36(23-27-15-11-12-16-28(27)34)32(37)20-18-26-17-19-30(39-6-2)31(22-26)40-7-3/h8-17,19,22,24,29H,5-7,18,20-21,23H2,1-4H3,(H,35,38)/t24-,29-/m0/s1. The zero-order valence-corrected chi connectivity index (χ0v) is 24.7. The van der Waals surface area contributed by atoms with E-state index in [1.54, 1.807) is 11.0 Å². The van der Waals surface area contributed by atoms with Gasteiger partial charge in [0.15, 0.2) is 11.5 Å². The number of carbonyl (C=O) groups excluding carboxylic acids is 2. The molecule has 0 bridgehead atoms. The molecule has 3 aromatic carbocycles. The first-order chi connectivity index (χ1) is 19.4. The Kier molecular flexibility index (Phi) is 12.4. The van der Waals surface area contributed by atoms with Gasteiger partial charge in [-0.2, -0.15) is 0 Å². The summed E-state index contributed by atoms with van der Waals surface area (Å²) in [5.41, 5.74) is 2.74. The van der Waals surface area contributed by atoms with Crippen LogP contribution in [-0.4, -0.2) is 42.0 Å². The Morgan fingerprint density at radius 1 is 0.875 bits per heavy atom. The molecule has 0 saturated heterocycles. The summed E-state index contributed by atoms with van der Waals surface area (Å²) in [6.07, 6.45) is 1.92. The third kappa shape index (κ3) is 9.02. The number of hydrogen-bond acceptors (Lipinski definition) is 4. The number of halogens is 1. The van der Waals surface area contributed by atoms with Crippen molar-refractivity contribution in [1.29, 1.82) is 0 Å². The van der Waals surface area contributed by atoms with Gasteiger partial charge in [0.1, 0.15) is 6.04 Å². The molecule has 0 spiro atoms. The predicted octanol–water partition coefficient (Wildman–Crippen LogP) is 6.62. The number of nitrogens with zero attached hydrogens (tertiary/aromatic N) is 1. The summed E-state index contributed by atoms with van der Waals surface area (Å²) >= 11 is 6.52. The van der Waals surface area contributed by atoms with Gasteiger partial charge in [-0.15, -0.1) is 0 Å². The molecule has 0 aromatic heterocycles. The molecule has 1 N–H and O–H groups in total. The van der Waals surface area contributed by atoms with Crippen LogP contribution in [0.5, 0.6) is 11.5 Å². The van der Waals surface area contributed by atoms with E-state index in [9.17, 15) is 9.59 Å². The molecule has 2 atom stereocenters. The molecule has 40 heavy (non-hydrogen) atoms. The van der Waals surface area contributed by atoms with E-state index < -0.39 is 6.04 Å². The Labute approximate surface area is 243 Å². The molecule has 0 unspecified atom stereocenters. The van der Waals surface area contributed by atoms with E-state index in [1.807, 2.05) is 94.4 Å². The number of benzene rings is 3. The van der Waals surface area contributed by atoms with E-state index in [1.165, 1.54) is 0 Å². The maximum absolute atomic E-state index is 14.0. The van der Waals surface area contributed by atoms with E-state index >= 15 is 0 Å². The van der Waals surface area contributed by atoms with Crippen molar-refractivity contribution in [2.45, 2.75) is 72.0 Å². The zero-order chi connectivity index (χ0) is 28.9. The fourth-order valence-corrected chi connectivity index (χ4v) is 4.65. The second-order valence-electron chi connectivity index (χ2n) is 9.78. The van der Waals surface area contributed by atoms with Crippen LogP contribution in [-0.2, 0) is 29.0 Å². The largest absolute Gasteiger partial charge is 0.490 e. The minimum atomic E-state index is -0.695. The number of aryl methyl sites for hydroxylation is 1. The Balaban J connectivity index is 1.91. The van der Waals surface area contributed by atoms with Gasteiger partial charge in [-0.05, 0) is 68.5 Å². The first kappa shape index (κ1) is 31.0. The molecule has 0 aliphatic rings. The molecule has 0 heterocycles.